The Morgan fingerprint density at radius 2 is 1.84 bits per heavy atom. The van der Waals surface area contributed by atoms with Gasteiger partial charge in [-0.25, -0.2) is 9.37 Å². The first-order chi connectivity index (χ1) is 15.1. The van der Waals surface area contributed by atoms with Crippen molar-refractivity contribution < 1.29 is 18.6 Å². The summed E-state index contributed by atoms with van der Waals surface area (Å²) >= 11 is 0. The van der Waals surface area contributed by atoms with E-state index in [1.165, 1.54) is 0 Å². The Morgan fingerprint density at radius 3 is 2.68 bits per heavy atom. The fourth-order valence-corrected chi connectivity index (χ4v) is 2.91. The van der Waals surface area contributed by atoms with Crippen LogP contribution in [0.3, 0.4) is 0 Å². The van der Waals surface area contributed by atoms with Crippen molar-refractivity contribution in [3.05, 3.63) is 54.5 Å². The molecule has 31 heavy (non-hydrogen) atoms. The number of nitrogens with one attached hydrogen (secondary N) is 2. The molecule has 0 unspecified atom stereocenters. The van der Waals surface area contributed by atoms with E-state index < -0.39 is 5.82 Å². The van der Waals surface area contributed by atoms with E-state index in [4.69, 9.17) is 14.2 Å². The lowest BCUT2D eigenvalue weighted by Crippen LogP contribution is -2.19. The number of hydrogen-bond acceptors (Lipinski definition) is 8. The van der Waals surface area contributed by atoms with E-state index in [0.29, 0.717) is 37.0 Å². The molecule has 1 aliphatic rings. The van der Waals surface area contributed by atoms with E-state index in [1.807, 2.05) is 43.3 Å². The molecule has 1 aliphatic heterocycles. The third kappa shape index (κ3) is 5.52. The molecule has 2 heterocycles. The number of nitrogens with zero attached hydrogens (tertiary/aromatic N) is 3. The van der Waals surface area contributed by atoms with Crippen LogP contribution in [-0.2, 0) is 0 Å². The standard InChI is InChI=1S/C22H24FN5O3/c1-28(2)8-9-29-17-5-3-4-15(12-17)26-22-24-14-18(23)21(27-22)25-16-6-7-19-20(13-16)31-11-10-30-19/h3-7,12-14H,8-11H2,1-2H3,(H2,24,25,26,27). The van der Waals surface area contributed by atoms with Crippen molar-refractivity contribution >= 4 is 23.1 Å². The molecule has 4 rings (SSSR count). The lowest BCUT2D eigenvalue weighted by Gasteiger charge is -2.19. The minimum absolute atomic E-state index is 0.0487. The third-order valence-electron chi connectivity index (χ3n) is 4.45. The van der Waals surface area contributed by atoms with Gasteiger partial charge in [0, 0.05) is 30.1 Å². The molecule has 3 aromatic rings. The number of likely N-dealkylation sites (N-methyl/N-ethyl adjacent to an activating group) is 1. The molecule has 2 aromatic carbocycles. The minimum Gasteiger partial charge on any atom is -0.492 e. The van der Waals surface area contributed by atoms with Crippen molar-refractivity contribution in [3.63, 3.8) is 0 Å². The number of halogens is 1. The number of aromatic nitrogens is 2. The summed E-state index contributed by atoms with van der Waals surface area (Å²) in [5, 5.41) is 6.05. The molecule has 0 saturated heterocycles. The predicted octanol–water partition coefficient (Wildman–Crippen LogP) is 3.81. The number of ether oxygens (including phenoxy) is 3. The average molecular weight is 425 g/mol. The summed E-state index contributed by atoms with van der Waals surface area (Å²) in [6.45, 7) is 2.38. The summed E-state index contributed by atoms with van der Waals surface area (Å²) in [4.78, 5) is 10.3. The Morgan fingerprint density at radius 1 is 1.03 bits per heavy atom. The van der Waals surface area contributed by atoms with E-state index in [9.17, 15) is 4.39 Å². The third-order valence-corrected chi connectivity index (χ3v) is 4.45. The zero-order valence-corrected chi connectivity index (χ0v) is 17.4. The fraction of sp³-hybridized carbons (Fsp3) is 0.273. The lowest BCUT2D eigenvalue weighted by atomic mass is 10.2. The molecule has 162 valence electrons. The number of hydrogen-bond donors (Lipinski definition) is 2. The SMILES string of the molecule is CN(C)CCOc1cccc(Nc2ncc(F)c(Nc3ccc4c(c3)OCCO4)n2)c1. The van der Waals surface area contributed by atoms with Crippen molar-refractivity contribution in [2.45, 2.75) is 0 Å². The largest absolute Gasteiger partial charge is 0.492 e. The maximum atomic E-state index is 14.3. The molecule has 0 aliphatic carbocycles. The van der Waals surface area contributed by atoms with Gasteiger partial charge in [0.05, 0.1) is 6.20 Å². The molecule has 0 amide bonds. The summed E-state index contributed by atoms with van der Waals surface area (Å²) in [7, 11) is 3.98. The summed E-state index contributed by atoms with van der Waals surface area (Å²) in [5.74, 6) is 1.73. The highest BCUT2D eigenvalue weighted by Crippen LogP contribution is 2.33. The van der Waals surface area contributed by atoms with Crippen LogP contribution in [0.15, 0.2) is 48.7 Å². The summed E-state index contributed by atoms with van der Waals surface area (Å²) in [6.07, 6.45) is 1.12. The van der Waals surface area contributed by atoms with E-state index in [-0.39, 0.29) is 11.8 Å². The van der Waals surface area contributed by atoms with Crippen LogP contribution in [0.5, 0.6) is 17.2 Å². The highest BCUT2D eigenvalue weighted by atomic mass is 19.1. The van der Waals surface area contributed by atoms with Gasteiger partial charge in [0.2, 0.25) is 5.95 Å². The molecule has 2 N–H and O–H groups in total. The first kappa shape index (κ1) is 20.7. The van der Waals surface area contributed by atoms with Gasteiger partial charge in [-0.15, -0.1) is 0 Å². The Kier molecular flexibility index (Phi) is 6.32. The van der Waals surface area contributed by atoms with E-state index in [2.05, 4.69) is 20.6 Å². The normalized spacial score (nSPS) is 12.5. The molecule has 8 nitrogen and oxygen atoms in total. The fourth-order valence-electron chi connectivity index (χ4n) is 2.91. The minimum atomic E-state index is -0.568. The topological polar surface area (TPSA) is 80.8 Å². The summed E-state index contributed by atoms with van der Waals surface area (Å²) in [6, 6.07) is 12.7. The maximum Gasteiger partial charge on any atom is 0.229 e. The van der Waals surface area contributed by atoms with Gasteiger partial charge in [0.15, 0.2) is 23.1 Å². The van der Waals surface area contributed by atoms with Gasteiger partial charge < -0.3 is 29.7 Å². The zero-order chi connectivity index (χ0) is 21.6. The van der Waals surface area contributed by atoms with Gasteiger partial charge in [-0.2, -0.15) is 4.98 Å². The van der Waals surface area contributed by atoms with Crippen LogP contribution in [0, 0.1) is 5.82 Å². The van der Waals surface area contributed by atoms with Crippen LogP contribution in [0.2, 0.25) is 0 Å². The highest BCUT2D eigenvalue weighted by molar-refractivity contribution is 5.63. The molecule has 0 radical (unpaired) electrons. The van der Waals surface area contributed by atoms with E-state index >= 15 is 0 Å². The highest BCUT2D eigenvalue weighted by Gasteiger charge is 2.14. The van der Waals surface area contributed by atoms with Crippen molar-refractivity contribution in [1.82, 2.24) is 14.9 Å². The van der Waals surface area contributed by atoms with Crippen molar-refractivity contribution in [2.75, 3.05) is 51.1 Å². The average Bonchev–Trinajstić information content (AvgIpc) is 2.76. The Hall–Kier alpha value is -3.59. The number of fused-ring (bicyclic) bond motifs is 1. The second-order valence-corrected chi connectivity index (χ2v) is 7.18. The quantitative estimate of drug-likeness (QED) is 0.564. The number of anilines is 4. The van der Waals surface area contributed by atoms with Crippen LogP contribution in [0.25, 0.3) is 0 Å². The summed E-state index contributed by atoms with van der Waals surface area (Å²) in [5.41, 5.74) is 1.36. The Bertz CT molecular complexity index is 1050. The lowest BCUT2D eigenvalue weighted by molar-refractivity contribution is 0.171. The molecule has 9 heteroatoms. The van der Waals surface area contributed by atoms with Crippen LogP contribution >= 0.6 is 0 Å². The van der Waals surface area contributed by atoms with Crippen LogP contribution < -0.4 is 24.8 Å². The number of rotatable bonds is 8. The van der Waals surface area contributed by atoms with Crippen LogP contribution in [0.4, 0.5) is 27.5 Å². The molecule has 1 aromatic heterocycles. The maximum absolute atomic E-state index is 14.3. The predicted molar refractivity (Wildman–Crippen MR) is 116 cm³/mol. The van der Waals surface area contributed by atoms with Crippen molar-refractivity contribution in [2.24, 2.45) is 0 Å². The van der Waals surface area contributed by atoms with Crippen molar-refractivity contribution in [1.29, 1.82) is 0 Å². The second-order valence-electron chi connectivity index (χ2n) is 7.18. The molecular formula is C22H24FN5O3. The van der Waals surface area contributed by atoms with Crippen LogP contribution in [-0.4, -0.2) is 55.3 Å². The monoisotopic (exact) mass is 425 g/mol. The van der Waals surface area contributed by atoms with Gasteiger partial charge >= 0.3 is 0 Å². The molecule has 0 bridgehead atoms. The van der Waals surface area contributed by atoms with Crippen molar-refractivity contribution in [3.8, 4) is 17.2 Å². The Labute approximate surface area is 180 Å². The Balaban J connectivity index is 1.46. The number of benzene rings is 2. The van der Waals surface area contributed by atoms with Gasteiger partial charge in [-0.1, -0.05) is 6.07 Å². The van der Waals surface area contributed by atoms with E-state index in [1.54, 1.807) is 18.2 Å². The van der Waals surface area contributed by atoms with Crippen LogP contribution in [0.1, 0.15) is 0 Å². The van der Waals surface area contributed by atoms with Gasteiger partial charge in [-0.05, 0) is 38.4 Å². The molecule has 0 spiro atoms. The molecule has 0 saturated carbocycles. The second kappa shape index (κ2) is 9.48. The van der Waals surface area contributed by atoms with E-state index in [0.717, 1.165) is 24.2 Å². The first-order valence-electron chi connectivity index (χ1n) is 9.91. The zero-order valence-electron chi connectivity index (χ0n) is 17.4. The molecule has 0 atom stereocenters. The van der Waals surface area contributed by atoms with Gasteiger partial charge in [-0.3, -0.25) is 0 Å². The first-order valence-corrected chi connectivity index (χ1v) is 9.91. The summed E-state index contributed by atoms with van der Waals surface area (Å²) < 4.78 is 31.1. The smallest absolute Gasteiger partial charge is 0.229 e. The molecular weight excluding hydrogens is 401 g/mol. The van der Waals surface area contributed by atoms with Gasteiger partial charge in [0.1, 0.15) is 25.6 Å². The van der Waals surface area contributed by atoms with Gasteiger partial charge in [0.25, 0.3) is 0 Å². The molecule has 0 fully saturated rings.